The Labute approximate surface area is 133 Å². The van der Waals surface area contributed by atoms with Gasteiger partial charge in [-0.25, -0.2) is 4.98 Å². The molecule has 1 unspecified atom stereocenters. The predicted octanol–water partition coefficient (Wildman–Crippen LogP) is 2.51. The van der Waals surface area contributed by atoms with Crippen LogP contribution in [0.5, 0.6) is 0 Å². The molecule has 0 aliphatic rings. The molecule has 0 fully saturated rings. The van der Waals surface area contributed by atoms with Crippen molar-refractivity contribution < 1.29 is 4.79 Å². The van der Waals surface area contributed by atoms with Crippen LogP contribution in [0.25, 0.3) is 0 Å². The van der Waals surface area contributed by atoms with Crippen molar-refractivity contribution in [2.45, 2.75) is 31.6 Å². The molecule has 2 heterocycles. The summed E-state index contributed by atoms with van der Waals surface area (Å²) in [5.41, 5.74) is 1.05. The van der Waals surface area contributed by atoms with Crippen molar-refractivity contribution in [1.29, 1.82) is 0 Å². The Hall–Kier alpha value is -1.34. The van der Waals surface area contributed by atoms with E-state index in [1.807, 2.05) is 19.2 Å². The lowest BCUT2D eigenvalue weighted by atomic mass is 10.2. The first kappa shape index (κ1) is 16.0. The van der Waals surface area contributed by atoms with Gasteiger partial charge in [0.25, 0.3) is 0 Å². The number of carbonyl (C=O) groups excluding carboxylic acids is 1. The van der Waals surface area contributed by atoms with E-state index in [1.54, 1.807) is 34.0 Å². The summed E-state index contributed by atoms with van der Waals surface area (Å²) >= 11 is 3.45. The minimum absolute atomic E-state index is 0.0146. The van der Waals surface area contributed by atoms with Crippen LogP contribution >= 0.6 is 23.1 Å². The van der Waals surface area contributed by atoms with Crippen LogP contribution in [0, 0.1) is 0 Å². The molecule has 0 aliphatic heterocycles. The quantitative estimate of drug-likeness (QED) is 0.810. The molecule has 0 saturated carbocycles. The van der Waals surface area contributed by atoms with Crippen LogP contribution in [0.4, 0.5) is 0 Å². The van der Waals surface area contributed by atoms with Gasteiger partial charge in [-0.2, -0.15) is 16.9 Å². The Kier molecular flexibility index (Phi) is 6.25. The van der Waals surface area contributed by atoms with E-state index < -0.39 is 0 Å². The fraction of sp³-hybridized carbons (Fsp3) is 0.500. The number of rotatable bonds is 8. The molecular formula is C14H20N4OS2. The van der Waals surface area contributed by atoms with Gasteiger partial charge >= 0.3 is 0 Å². The summed E-state index contributed by atoms with van der Waals surface area (Å²) in [6.07, 6.45) is 7.08. The lowest BCUT2D eigenvalue weighted by molar-refractivity contribution is -0.124. The third kappa shape index (κ3) is 4.57. The number of aromatic nitrogens is 3. The summed E-state index contributed by atoms with van der Waals surface area (Å²) in [6, 6.07) is 1.60. The Balaban J connectivity index is 1.80. The Morgan fingerprint density at radius 1 is 1.57 bits per heavy atom. The van der Waals surface area contributed by atoms with E-state index in [0.29, 0.717) is 6.54 Å². The van der Waals surface area contributed by atoms with Crippen LogP contribution < -0.4 is 5.32 Å². The number of hydrogen-bond acceptors (Lipinski definition) is 5. The summed E-state index contributed by atoms with van der Waals surface area (Å²) in [7, 11) is 0. The molecule has 1 atom stereocenters. The molecule has 0 saturated heterocycles. The van der Waals surface area contributed by atoms with Gasteiger partial charge in [0.15, 0.2) is 0 Å². The third-order valence-electron chi connectivity index (χ3n) is 3.08. The van der Waals surface area contributed by atoms with E-state index in [2.05, 4.69) is 27.0 Å². The van der Waals surface area contributed by atoms with Crippen molar-refractivity contribution in [1.82, 2.24) is 20.1 Å². The highest BCUT2D eigenvalue weighted by atomic mass is 32.2. The SMILES string of the molecule is CCC(C(=O)NCCc1csc(CSC)n1)n1cccn1. The van der Waals surface area contributed by atoms with Gasteiger partial charge in [0.1, 0.15) is 11.0 Å². The largest absolute Gasteiger partial charge is 0.354 e. The Morgan fingerprint density at radius 3 is 3.10 bits per heavy atom. The summed E-state index contributed by atoms with van der Waals surface area (Å²) in [5.74, 6) is 0.967. The summed E-state index contributed by atoms with van der Waals surface area (Å²) in [5, 5.41) is 10.3. The van der Waals surface area contributed by atoms with Crippen molar-refractivity contribution in [3.05, 3.63) is 34.5 Å². The van der Waals surface area contributed by atoms with Gasteiger partial charge in [-0.05, 0) is 18.7 Å². The van der Waals surface area contributed by atoms with Crippen LogP contribution in [-0.2, 0) is 17.0 Å². The zero-order valence-corrected chi connectivity index (χ0v) is 13.9. The van der Waals surface area contributed by atoms with Gasteiger partial charge in [-0.1, -0.05) is 6.92 Å². The van der Waals surface area contributed by atoms with Crippen molar-refractivity contribution in [2.75, 3.05) is 12.8 Å². The van der Waals surface area contributed by atoms with E-state index >= 15 is 0 Å². The average molecular weight is 324 g/mol. The highest BCUT2D eigenvalue weighted by molar-refractivity contribution is 7.97. The Morgan fingerprint density at radius 2 is 2.43 bits per heavy atom. The molecule has 2 aromatic heterocycles. The van der Waals surface area contributed by atoms with Gasteiger partial charge in [0.05, 0.1) is 5.69 Å². The monoisotopic (exact) mass is 324 g/mol. The first-order valence-corrected chi connectivity index (χ1v) is 9.21. The average Bonchev–Trinajstić information content (AvgIpc) is 3.12. The first-order chi connectivity index (χ1) is 10.2. The number of thiazole rings is 1. The van der Waals surface area contributed by atoms with Crippen LogP contribution in [0.2, 0.25) is 0 Å². The second-order valence-corrected chi connectivity index (χ2v) is 6.43. The van der Waals surface area contributed by atoms with E-state index in [1.165, 1.54) is 0 Å². The fourth-order valence-corrected chi connectivity index (χ4v) is 3.59. The molecule has 1 N–H and O–H groups in total. The minimum atomic E-state index is -0.234. The van der Waals surface area contributed by atoms with Crippen molar-refractivity contribution in [3.8, 4) is 0 Å². The van der Waals surface area contributed by atoms with Crippen LogP contribution in [-0.4, -0.2) is 33.5 Å². The van der Waals surface area contributed by atoms with Gasteiger partial charge in [0.2, 0.25) is 5.91 Å². The molecule has 0 spiro atoms. The normalized spacial score (nSPS) is 12.3. The van der Waals surface area contributed by atoms with Crippen molar-refractivity contribution in [3.63, 3.8) is 0 Å². The zero-order chi connectivity index (χ0) is 15.1. The fourth-order valence-electron chi connectivity index (χ4n) is 2.04. The molecule has 0 bridgehead atoms. The summed E-state index contributed by atoms with van der Waals surface area (Å²) in [6.45, 7) is 2.60. The van der Waals surface area contributed by atoms with Crippen molar-refractivity contribution in [2.24, 2.45) is 0 Å². The molecule has 7 heteroatoms. The molecular weight excluding hydrogens is 304 g/mol. The molecule has 5 nitrogen and oxygen atoms in total. The zero-order valence-electron chi connectivity index (χ0n) is 12.3. The maximum Gasteiger partial charge on any atom is 0.244 e. The molecule has 2 aromatic rings. The van der Waals surface area contributed by atoms with E-state index in [0.717, 1.165) is 29.3 Å². The van der Waals surface area contributed by atoms with E-state index in [-0.39, 0.29) is 11.9 Å². The number of nitrogens with zero attached hydrogens (tertiary/aromatic N) is 3. The highest BCUT2D eigenvalue weighted by Gasteiger charge is 2.17. The van der Waals surface area contributed by atoms with Crippen molar-refractivity contribution >= 4 is 29.0 Å². The maximum atomic E-state index is 12.2. The maximum absolute atomic E-state index is 12.2. The van der Waals surface area contributed by atoms with Gasteiger partial charge in [0, 0.05) is 36.5 Å². The topological polar surface area (TPSA) is 59.8 Å². The smallest absolute Gasteiger partial charge is 0.244 e. The van der Waals surface area contributed by atoms with Crippen LogP contribution in [0.3, 0.4) is 0 Å². The number of nitrogens with one attached hydrogen (secondary N) is 1. The first-order valence-electron chi connectivity index (χ1n) is 6.93. The van der Waals surface area contributed by atoms with Crippen LogP contribution in [0.15, 0.2) is 23.8 Å². The van der Waals surface area contributed by atoms with Gasteiger partial charge < -0.3 is 5.32 Å². The number of hydrogen-bond donors (Lipinski definition) is 1. The molecule has 1 amide bonds. The Bertz CT molecular complexity index is 553. The van der Waals surface area contributed by atoms with E-state index in [4.69, 9.17) is 0 Å². The summed E-state index contributed by atoms with van der Waals surface area (Å²) < 4.78 is 1.70. The predicted molar refractivity (Wildman–Crippen MR) is 87.6 cm³/mol. The van der Waals surface area contributed by atoms with Crippen LogP contribution in [0.1, 0.15) is 30.1 Å². The lowest BCUT2D eigenvalue weighted by Crippen LogP contribution is -2.33. The number of amides is 1. The second-order valence-electron chi connectivity index (χ2n) is 4.62. The minimum Gasteiger partial charge on any atom is -0.354 e. The van der Waals surface area contributed by atoms with E-state index in [9.17, 15) is 4.79 Å². The molecule has 0 radical (unpaired) electrons. The number of carbonyl (C=O) groups is 1. The summed E-state index contributed by atoms with van der Waals surface area (Å²) in [4.78, 5) is 16.7. The molecule has 2 rings (SSSR count). The highest BCUT2D eigenvalue weighted by Crippen LogP contribution is 2.15. The lowest BCUT2D eigenvalue weighted by Gasteiger charge is -2.15. The van der Waals surface area contributed by atoms with Gasteiger partial charge in [-0.3, -0.25) is 9.48 Å². The molecule has 0 aliphatic carbocycles. The molecule has 21 heavy (non-hydrogen) atoms. The molecule has 0 aromatic carbocycles. The standard InChI is InChI=1S/C14H20N4OS2/c1-3-12(18-8-4-6-16-18)14(19)15-7-5-11-9-21-13(17-11)10-20-2/h4,6,8-9,12H,3,5,7,10H2,1-2H3,(H,15,19). The van der Waals surface area contributed by atoms with Gasteiger partial charge in [-0.15, -0.1) is 11.3 Å². The second kappa shape index (κ2) is 8.19. The number of thioether (sulfide) groups is 1. The molecule has 114 valence electrons. The third-order valence-corrected chi connectivity index (χ3v) is 4.72.